The Kier molecular flexibility index (Phi) is 5.69. The first-order chi connectivity index (χ1) is 7.33. The van der Waals surface area contributed by atoms with Crippen LogP contribution in [0.5, 0.6) is 0 Å². The van der Waals surface area contributed by atoms with E-state index in [1.807, 2.05) is 0 Å². The molecule has 1 aliphatic rings. The Balaban J connectivity index is 2.22. The van der Waals surface area contributed by atoms with E-state index >= 15 is 0 Å². The van der Waals surface area contributed by atoms with Crippen molar-refractivity contribution in [3.63, 3.8) is 0 Å². The van der Waals surface area contributed by atoms with Crippen LogP contribution in [0, 0.1) is 12.3 Å². The number of hydrogen-bond acceptors (Lipinski definition) is 3. The van der Waals surface area contributed by atoms with E-state index in [9.17, 15) is 4.79 Å². The molecule has 0 saturated heterocycles. The van der Waals surface area contributed by atoms with Crippen LogP contribution in [0.1, 0.15) is 44.9 Å². The summed E-state index contributed by atoms with van der Waals surface area (Å²) in [7, 11) is 0. The molecule has 3 nitrogen and oxygen atoms in total. The second-order valence-corrected chi connectivity index (χ2v) is 3.83. The van der Waals surface area contributed by atoms with Gasteiger partial charge in [-0.05, 0) is 25.7 Å². The van der Waals surface area contributed by atoms with Gasteiger partial charge in [-0.2, -0.15) is 0 Å². The molecule has 0 aliphatic heterocycles. The van der Waals surface area contributed by atoms with Crippen LogP contribution in [0.4, 0.5) is 4.79 Å². The summed E-state index contributed by atoms with van der Waals surface area (Å²) in [6.45, 7) is -0.00838. The molecule has 1 fully saturated rings. The van der Waals surface area contributed by atoms with Crippen molar-refractivity contribution in [3.05, 3.63) is 0 Å². The minimum absolute atomic E-state index is 0.00838. The van der Waals surface area contributed by atoms with Crippen LogP contribution in [0.3, 0.4) is 0 Å². The van der Waals surface area contributed by atoms with Gasteiger partial charge in [-0.15, -0.1) is 6.42 Å². The molecule has 1 rings (SSSR count). The Morgan fingerprint density at radius 1 is 1.20 bits per heavy atom. The summed E-state index contributed by atoms with van der Waals surface area (Å²) in [6, 6.07) is 0. The molecule has 84 valence electrons. The van der Waals surface area contributed by atoms with E-state index in [1.165, 1.54) is 19.3 Å². The molecule has 0 aromatic rings. The predicted octanol–water partition coefficient (Wildman–Crippen LogP) is 2.89. The summed E-state index contributed by atoms with van der Waals surface area (Å²) in [5, 5.41) is 0. The third-order valence-corrected chi connectivity index (χ3v) is 2.59. The maximum absolute atomic E-state index is 11.1. The lowest BCUT2D eigenvalue weighted by atomic mass is 9.99. The van der Waals surface area contributed by atoms with Crippen molar-refractivity contribution in [2.24, 2.45) is 0 Å². The van der Waals surface area contributed by atoms with Crippen LogP contribution < -0.4 is 0 Å². The maximum Gasteiger partial charge on any atom is 0.509 e. The molecule has 3 heteroatoms. The van der Waals surface area contributed by atoms with Crippen molar-refractivity contribution in [2.75, 3.05) is 6.61 Å². The quantitative estimate of drug-likeness (QED) is 0.519. The lowest BCUT2D eigenvalue weighted by molar-refractivity contribution is 0.0214. The van der Waals surface area contributed by atoms with E-state index < -0.39 is 6.16 Å². The van der Waals surface area contributed by atoms with Crippen LogP contribution in [0.25, 0.3) is 0 Å². The predicted molar refractivity (Wildman–Crippen MR) is 57.4 cm³/mol. The Morgan fingerprint density at radius 3 is 2.40 bits per heavy atom. The second kappa shape index (κ2) is 7.17. The first-order valence-corrected chi connectivity index (χ1v) is 5.60. The highest BCUT2D eigenvalue weighted by molar-refractivity contribution is 5.60. The summed E-state index contributed by atoms with van der Waals surface area (Å²) < 4.78 is 9.84. The molecule has 0 amide bonds. The summed E-state index contributed by atoms with van der Waals surface area (Å²) >= 11 is 0. The molecule has 0 aromatic heterocycles. The second-order valence-electron chi connectivity index (χ2n) is 3.83. The van der Waals surface area contributed by atoms with E-state index in [1.54, 1.807) is 0 Å². The Morgan fingerprint density at radius 2 is 1.80 bits per heavy atom. The van der Waals surface area contributed by atoms with Gasteiger partial charge in [-0.1, -0.05) is 25.2 Å². The van der Waals surface area contributed by atoms with Gasteiger partial charge >= 0.3 is 6.16 Å². The molecule has 0 bridgehead atoms. The third-order valence-electron chi connectivity index (χ3n) is 2.59. The smallest absolute Gasteiger partial charge is 0.431 e. The van der Waals surface area contributed by atoms with Crippen molar-refractivity contribution in [1.82, 2.24) is 0 Å². The van der Waals surface area contributed by atoms with Gasteiger partial charge in [0.25, 0.3) is 0 Å². The van der Waals surface area contributed by atoms with Crippen molar-refractivity contribution in [1.29, 1.82) is 0 Å². The van der Waals surface area contributed by atoms with E-state index in [0.29, 0.717) is 0 Å². The standard InChI is InChI=1S/C12H18O3/c1-2-10-14-12(13)15-11-8-6-4-3-5-7-9-11/h1,11H,3-10H2. The Bertz CT molecular complexity index is 222. The highest BCUT2D eigenvalue weighted by Crippen LogP contribution is 2.19. The average Bonchev–Trinajstić information content (AvgIpc) is 2.19. The Labute approximate surface area is 91.1 Å². The molecule has 1 saturated carbocycles. The lowest BCUT2D eigenvalue weighted by Crippen LogP contribution is -2.20. The van der Waals surface area contributed by atoms with Crippen LogP contribution in [-0.4, -0.2) is 18.9 Å². The summed E-state index contributed by atoms with van der Waals surface area (Å²) in [6.07, 6.45) is 12.3. The molecule has 15 heavy (non-hydrogen) atoms. The third kappa shape index (κ3) is 5.31. The van der Waals surface area contributed by atoms with Crippen molar-refractivity contribution >= 4 is 6.16 Å². The zero-order chi connectivity index (χ0) is 10.9. The molecule has 0 aromatic carbocycles. The van der Waals surface area contributed by atoms with E-state index in [2.05, 4.69) is 10.7 Å². The van der Waals surface area contributed by atoms with E-state index in [-0.39, 0.29) is 12.7 Å². The van der Waals surface area contributed by atoms with Crippen LogP contribution in [0.2, 0.25) is 0 Å². The number of terminal acetylenes is 1. The average molecular weight is 210 g/mol. The maximum atomic E-state index is 11.1. The van der Waals surface area contributed by atoms with Gasteiger partial charge < -0.3 is 9.47 Å². The molecule has 0 heterocycles. The highest BCUT2D eigenvalue weighted by atomic mass is 16.7. The molecule has 0 unspecified atom stereocenters. The largest absolute Gasteiger partial charge is 0.509 e. The van der Waals surface area contributed by atoms with E-state index in [0.717, 1.165) is 25.7 Å². The number of ether oxygens (including phenoxy) is 2. The SMILES string of the molecule is C#CCOC(=O)OC1CCCCCCC1. The van der Waals surface area contributed by atoms with Gasteiger partial charge in [-0.3, -0.25) is 0 Å². The van der Waals surface area contributed by atoms with Crippen LogP contribution >= 0.6 is 0 Å². The lowest BCUT2D eigenvalue weighted by Gasteiger charge is -2.19. The number of carbonyl (C=O) groups excluding carboxylic acids is 1. The highest BCUT2D eigenvalue weighted by Gasteiger charge is 2.16. The van der Waals surface area contributed by atoms with Crippen molar-refractivity contribution in [3.8, 4) is 12.3 Å². The summed E-state index contributed by atoms with van der Waals surface area (Å²) in [5.41, 5.74) is 0. The van der Waals surface area contributed by atoms with Crippen LogP contribution in [-0.2, 0) is 9.47 Å². The molecule has 0 spiro atoms. The van der Waals surface area contributed by atoms with Crippen molar-refractivity contribution in [2.45, 2.75) is 51.0 Å². The minimum atomic E-state index is -0.626. The molecule has 0 N–H and O–H groups in total. The first-order valence-electron chi connectivity index (χ1n) is 5.60. The van der Waals surface area contributed by atoms with Gasteiger partial charge in [0.15, 0.2) is 6.61 Å². The number of rotatable bonds is 2. The fourth-order valence-corrected chi connectivity index (χ4v) is 1.81. The molecular weight excluding hydrogens is 192 g/mol. The number of hydrogen-bond donors (Lipinski definition) is 0. The fourth-order valence-electron chi connectivity index (χ4n) is 1.81. The molecule has 0 radical (unpaired) electrons. The molecule has 1 aliphatic carbocycles. The summed E-state index contributed by atoms with van der Waals surface area (Å²) in [5.74, 6) is 2.24. The van der Waals surface area contributed by atoms with Gasteiger partial charge in [0.05, 0.1) is 0 Å². The normalized spacial score (nSPS) is 18.3. The Hall–Kier alpha value is -1.17. The fraction of sp³-hybridized carbons (Fsp3) is 0.750. The molecule has 0 atom stereocenters. The van der Waals surface area contributed by atoms with Gasteiger partial charge in [0.2, 0.25) is 0 Å². The van der Waals surface area contributed by atoms with Gasteiger partial charge in [-0.25, -0.2) is 4.79 Å². The zero-order valence-electron chi connectivity index (χ0n) is 9.04. The zero-order valence-corrected chi connectivity index (χ0v) is 9.04. The van der Waals surface area contributed by atoms with Gasteiger partial charge in [0, 0.05) is 0 Å². The number of carbonyl (C=O) groups is 1. The first kappa shape index (κ1) is 11.9. The molecular formula is C12H18O3. The van der Waals surface area contributed by atoms with Crippen LogP contribution in [0.15, 0.2) is 0 Å². The topological polar surface area (TPSA) is 35.5 Å². The minimum Gasteiger partial charge on any atom is -0.431 e. The van der Waals surface area contributed by atoms with E-state index in [4.69, 9.17) is 11.2 Å². The monoisotopic (exact) mass is 210 g/mol. The van der Waals surface area contributed by atoms with Gasteiger partial charge in [0.1, 0.15) is 6.10 Å². The summed E-state index contributed by atoms with van der Waals surface area (Å²) in [4.78, 5) is 11.1. The van der Waals surface area contributed by atoms with Crippen molar-refractivity contribution < 1.29 is 14.3 Å².